The lowest BCUT2D eigenvalue weighted by Gasteiger charge is -2.28. The van der Waals surface area contributed by atoms with Gasteiger partial charge in [-0.15, -0.1) is 0 Å². The lowest BCUT2D eigenvalue weighted by atomic mass is 10.2. The van der Waals surface area contributed by atoms with Crippen molar-refractivity contribution in [2.75, 3.05) is 76.6 Å². The summed E-state index contributed by atoms with van der Waals surface area (Å²) < 4.78 is 20.9. The maximum atomic E-state index is 8.76. The highest BCUT2D eigenvalue weighted by molar-refractivity contribution is 5.65. The molecule has 0 atom stereocenters. The SMILES string of the molecule is COc1cc(N2CCOCC2)ccc1[N+]#N.COc1cc(N2CCOCC2)ccc1[N+]#N.[Cl-]. The van der Waals surface area contributed by atoms with E-state index in [9.17, 15) is 0 Å². The summed E-state index contributed by atoms with van der Waals surface area (Å²) in [6.07, 6.45) is 0. The zero-order valence-electron chi connectivity index (χ0n) is 18.8. The van der Waals surface area contributed by atoms with Crippen LogP contribution in [-0.2, 0) is 9.47 Å². The fourth-order valence-electron chi connectivity index (χ4n) is 3.53. The highest BCUT2D eigenvalue weighted by Gasteiger charge is 2.19. The van der Waals surface area contributed by atoms with Crippen LogP contribution in [0.15, 0.2) is 36.4 Å². The molecule has 2 aromatic carbocycles. The number of benzene rings is 2. The molecule has 11 heteroatoms. The van der Waals surface area contributed by atoms with Crippen LogP contribution in [0, 0.1) is 10.8 Å². The molecule has 2 aliphatic heterocycles. The molecule has 0 bridgehead atoms. The van der Waals surface area contributed by atoms with Crippen molar-refractivity contribution in [3.05, 3.63) is 46.4 Å². The van der Waals surface area contributed by atoms with Gasteiger partial charge >= 0.3 is 11.4 Å². The summed E-state index contributed by atoms with van der Waals surface area (Å²) in [7, 11) is 3.13. The van der Waals surface area contributed by atoms with Gasteiger partial charge in [0.05, 0.1) is 40.6 Å². The van der Waals surface area contributed by atoms with Crippen LogP contribution < -0.4 is 31.7 Å². The van der Waals surface area contributed by atoms with Crippen LogP contribution in [0.3, 0.4) is 0 Å². The number of hydrogen-bond acceptors (Lipinski definition) is 8. The zero-order valence-corrected chi connectivity index (χ0v) is 19.6. The molecule has 0 spiro atoms. The van der Waals surface area contributed by atoms with E-state index in [1.165, 1.54) is 0 Å². The maximum Gasteiger partial charge on any atom is 0.426 e. The van der Waals surface area contributed by atoms with E-state index in [0.717, 1.165) is 64.0 Å². The number of hydrogen-bond donors (Lipinski definition) is 0. The zero-order chi connectivity index (χ0) is 22.8. The van der Waals surface area contributed by atoms with E-state index >= 15 is 0 Å². The molecule has 4 rings (SSSR count). The molecule has 0 aromatic heterocycles. The molecule has 0 saturated carbocycles. The van der Waals surface area contributed by atoms with E-state index < -0.39 is 0 Å². The van der Waals surface area contributed by atoms with Crippen molar-refractivity contribution in [2.45, 2.75) is 0 Å². The van der Waals surface area contributed by atoms with Gasteiger partial charge in [-0.25, -0.2) is 0 Å². The van der Waals surface area contributed by atoms with Gasteiger partial charge in [0, 0.05) is 61.8 Å². The fourth-order valence-corrected chi connectivity index (χ4v) is 3.53. The van der Waals surface area contributed by atoms with Gasteiger partial charge in [0.2, 0.25) is 22.3 Å². The Morgan fingerprint density at radius 1 is 0.697 bits per heavy atom. The van der Waals surface area contributed by atoms with Crippen molar-refractivity contribution in [2.24, 2.45) is 0 Å². The van der Waals surface area contributed by atoms with Crippen LogP contribution in [0.2, 0.25) is 0 Å². The van der Waals surface area contributed by atoms with Crippen LogP contribution in [0.25, 0.3) is 9.95 Å². The van der Waals surface area contributed by atoms with Crippen LogP contribution in [0.5, 0.6) is 11.5 Å². The van der Waals surface area contributed by atoms with Gasteiger partial charge in [-0.1, -0.05) is 0 Å². The lowest BCUT2D eigenvalue weighted by Crippen LogP contribution is -3.00. The summed E-state index contributed by atoms with van der Waals surface area (Å²) in [6.45, 7) is 6.47. The second-order valence-electron chi connectivity index (χ2n) is 7.11. The monoisotopic (exact) mass is 475 g/mol. The lowest BCUT2D eigenvalue weighted by molar-refractivity contribution is -0.00000900. The van der Waals surface area contributed by atoms with E-state index in [-0.39, 0.29) is 12.4 Å². The van der Waals surface area contributed by atoms with Gasteiger partial charge in [-0.3, -0.25) is 0 Å². The van der Waals surface area contributed by atoms with Gasteiger partial charge in [0.15, 0.2) is 9.95 Å². The van der Waals surface area contributed by atoms with E-state index in [1.807, 2.05) is 24.3 Å². The second kappa shape index (κ2) is 13.3. The number of anilines is 2. The Labute approximate surface area is 199 Å². The standard InChI is InChI=1S/2C11H14N3O2.ClH/c2*1-15-11-8-9(2-3-10(11)13-12)14-4-6-16-7-5-14;/h2*2-3,8H,4-7H2,1H3;1H/q2*+1;/p-1. The summed E-state index contributed by atoms with van der Waals surface area (Å²) in [4.78, 5) is 10.7. The molecule has 0 N–H and O–H groups in total. The quantitative estimate of drug-likeness (QED) is 0.605. The molecule has 0 aliphatic carbocycles. The maximum absolute atomic E-state index is 8.76. The Kier molecular flexibility index (Phi) is 10.4. The molecule has 2 heterocycles. The average molecular weight is 476 g/mol. The minimum atomic E-state index is 0. The Morgan fingerprint density at radius 3 is 1.36 bits per heavy atom. The molecule has 0 unspecified atom stereocenters. The highest BCUT2D eigenvalue weighted by Crippen LogP contribution is 2.33. The van der Waals surface area contributed by atoms with E-state index in [1.54, 1.807) is 26.4 Å². The normalized spacial score (nSPS) is 15.2. The smallest absolute Gasteiger partial charge is 0.426 e. The summed E-state index contributed by atoms with van der Waals surface area (Å²) in [5.41, 5.74) is 3.01. The van der Waals surface area contributed by atoms with E-state index in [2.05, 4.69) is 19.8 Å². The van der Waals surface area contributed by atoms with Gasteiger partial charge in [-0.05, 0) is 12.1 Å². The van der Waals surface area contributed by atoms with Crippen molar-refractivity contribution in [3.63, 3.8) is 0 Å². The third kappa shape index (κ3) is 6.83. The first-order valence-electron chi connectivity index (χ1n) is 10.4. The van der Waals surface area contributed by atoms with Gasteiger partial charge in [-0.2, -0.15) is 0 Å². The van der Waals surface area contributed by atoms with E-state index in [4.69, 9.17) is 29.7 Å². The summed E-state index contributed by atoms with van der Waals surface area (Å²) in [5.74, 6) is 1.15. The number of nitrogens with zero attached hydrogens (tertiary/aromatic N) is 6. The molecule has 10 nitrogen and oxygen atoms in total. The third-order valence-corrected chi connectivity index (χ3v) is 5.29. The molecule has 0 amide bonds. The van der Waals surface area contributed by atoms with E-state index in [0.29, 0.717) is 22.9 Å². The first-order chi connectivity index (χ1) is 15.7. The van der Waals surface area contributed by atoms with Crippen LogP contribution in [-0.4, -0.2) is 66.8 Å². The predicted octanol–water partition coefficient (Wildman–Crippen LogP) is 1.04. The van der Waals surface area contributed by atoms with Crippen molar-refractivity contribution in [1.82, 2.24) is 0 Å². The summed E-state index contributed by atoms with van der Waals surface area (Å²) in [6, 6.07) is 11.1. The first-order valence-corrected chi connectivity index (χ1v) is 10.4. The minimum absolute atomic E-state index is 0. The number of halogens is 1. The Bertz CT molecular complexity index is 902. The minimum Gasteiger partial charge on any atom is -1.00 e. The molecule has 2 aromatic rings. The molecule has 2 aliphatic rings. The van der Waals surface area contributed by atoms with Gasteiger partial charge < -0.3 is 41.2 Å². The number of morpholine rings is 2. The molecule has 0 radical (unpaired) electrons. The predicted molar refractivity (Wildman–Crippen MR) is 122 cm³/mol. The fraction of sp³-hybridized carbons (Fsp3) is 0.455. The molecule has 2 saturated heterocycles. The van der Waals surface area contributed by atoms with Gasteiger partial charge in [0.1, 0.15) is 0 Å². The van der Waals surface area contributed by atoms with Crippen molar-refractivity contribution in [1.29, 1.82) is 10.8 Å². The molecule has 2 fully saturated rings. The molecular weight excluding hydrogens is 448 g/mol. The number of rotatable bonds is 4. The van der Waals surface area contributed by atoms with Crippen molar-refractivity contribution >= 4 is 22.7 Å². The third-order valence-electron chi connectivity index (χ3n) is 5.29. The summed E-state index contributed by atoms with van der Waals surface area (Å²) in [5, 5.41) is 17.5. The van der Waals surface area contributed by atoms with Crippen LogP contribution >= 0.6 is 0 Å². The second-order valence-corrected chi connectivity index (χ2v) is 7.11. The Hall–Kier alpha value is -3.31. The Balaban J connectivity index is 0.000000227. The number of diazo groups is 2. The Morgan fingerprint density at radius 2 is 1.06 bits per heavy atom. The summed E-state index contributed by atoms with van der Waals surface area (Å²) >= 11 is 0. The van der Waals surface area contributed by atoms with Crippen LogP contribution in [0.1, 0.15) is 0 Å². The molecular formula is C22H28ClN6O4+. The molecule has 176 valence electrons. The van der Waals surface area contributed by atoms with Crippen molar-refractivity contribution < 1.29 is 31.4 Å². The van der Waals surface area contributed by atoms with Crippen molar-refractivity contribution in [3.8, 4) is 11.5 Å². The number of ether oxygens (including phenoxy) is 4. The number of methoxy groups -OCH3 is 2. The topological polar surface area (TPSA) is 99.7 Å². The largest absolute Gasteiger partial charge is 1.00 e. The molecule has 33 heavy (non-hydrogen) atoms. The average Bonchev–Trinajstić information content (AvgIpc) is 2.89. The highest BCUT2D eigenvalue weighted by atomic mass is 35.5. The first kappa shape index (κ1) is 25.9. The van der Waals surface area contributed by atoms with Gasteiger partial charge in [0.25, 0.3) is 0 Å². The van der Waals surface area contributed by atoms with Crippen LogP contribution in [0.4, 0.5) is 22.7 Å².